The molecule has 122 valence electrons. The molecule has 1 N–H and O–H groups in total. The molecule has 0 aromatic carbocycles. The minimum atomic E-state index is 0.535. The standard InChI is InChI=1S/C18H34N2O/c1-2-19-14-18(10-6-3-7-11-18)15-20-12-13-21-17-9-5-4-8-16(17)20/h16-17,19H,2-15H2,1H3. The Morgan fingerprint density at radius 1 is 1.10 bits per heavy atom. The first-order valence-corrected chi connectivity index (χ1v) is 9.39. The molecular formula is C18H34N2O. The maximum absolute atomic E-state index is 6.06. The highest BCUT2D eigenvalue weighted by molar-refractivity contribution is 4.93. The molecule has 1 aliphatic heterocycles. The molecule has 2 unspecified atom stereocenters. The van der Waals surface area contributed by atoms with Crippen LogP contribution in [-0.2, 0) is 4.74 Å². The topological polar surface area (TPSA) is 24.5 Å². The van der Waals surface area contributed by atoms with Crippen LogP contribution in [0.1, 0.15) is 64.7 Å². The molecule has 0 aromatic heterocycles. The highest BCUT2D eigenvalue weighted by Gasteiger charge is 2.40. The van der Waals surface area contributed by atoms with E-state index in [1.807, 2.05) is 0 Å². The summed E-state index contributed by atoms with van der Waals surface area (Å²) in [5, 5.41) is 3.66. The fourth-order valence-electron chi connectivity index (χ4n) is 4.89. The van der Waals surface area contributed by atoms with Gasteiger partial charge in [0.2, 0.25) is 0 Å². The van der Waals surface area contributed by atoms with E-state index in [-0.39, 0.29) is 0 Å². The second-order valence-electron chi connectivity index (χ2n) is 7.57. The van der Waals surface area contributed by atoms with Crippen molar-refractivity contribution in [1.82, 2.24) is 10.2 Å². The monoisotopic (exact) mass is 294 g/mol. The van der Waals surface area contributed by atoms with Crippen molar-refractivity contribution in [2.45, 2.75) is 76.9 Å². The molecule has 3 nitrogen and oxygen atoms in total. The third-order valence-corrected chi connectivity index (χ3v) is 6.05. The fraction of sp³-hybridized carbons (Fsp3) is 1.00. The molecule has 3 aliphatic rings. The fourth-order valence-corrected chi connectivity index (χ4v) is 4.89. The van der Waals surface area contributed by atoms with Gasteiger partial charge in [0.15, 0.2) is 0 Å². The Balaban J connectivity index is 1.65. The Hall–Kier alpha value is -0.120. The van der Waals surface area contributed by atoms with Gasteiger partial charge in [0.05, 0.1) is 12.7 Å². The number of ether oxygens (including phenoxy) is 1. The van der Waals surface area contributed by atoms with Gasteiger partial charge in [-0.3, -0.25) is 4.90 Å². The molecule has 2 atom stereocenters. The molecule has 21 heavy (non-hydrogen) atoms. The Morgan fingerprint density at radius 3 is 2.71 bits per heavy atom. The summed E-state index contributed by atoms with van der Waals surface area (Å²) < 4.78 is 6.06. The van der Waals surface area contributed by atoms with Crippen molar-refractivity contribution in [2.75, 3.05) is 32.8 Å². The zero-order valence-electron chi connectivity index (χ0n) is 13.9. The lowest BCUT2D eigenvalue weighted by Crippen LogP contribution is -2.57. The van der Waals surface area contributed by atoms with E-state index in [2.05, 4.69) is 17.1 Å². The van der Waals surface area contributed by atoms with Crippen molar-refractivity contribution >= 4 is 0 Å². The maximum Gasteiger partial charge on any atom is 0.0730 e. The van der Waals surface area contributed by atoms with Gasteiger partial charge in [0.25, 0.3) is 0 Å². The van der Waals surface area contributed by atoms with Crippen LogP contribution < -0.4 is 5.32 Å². The van der Waals surface area contributed by atoms with Crippen LogP contribution in [0.25, 0.3) is 0 Å². The van der Waals surface area contributed by atoms with Gasteiger partial charge in [-0.1, -0.05) is 39.0 Å². The summed E-state index contributed by atoms with van der Waals surface area (Å²) in [6.07, 6.45) is 13.1. The predicted octanol–water partition coefficient (Wildman–Crippen LogP) is 3.19. The number of hydrogen-bond acceptors (Lipinski definition) is 3. The number of nitrogens with zero attached hydrogens (tertiary/aromatic N) is 1. The molecule has 0 radical (unpaired) electrons. The zero-order valence-corrected chi connectivity index (χ0v) is 13.9. The van der Waals surface area contributed by atoms with Crippen LogP contribution in [0.2, 0.25) is 0 Å². The second kappa shape index (κ2) is 7.43. The van der Waals surface area contributed by atoms with Crippen molar-refractivity contribution in [3.05, 3.63) is 0 Å². The zero-order chi connectivity index (χ0) is 14.5. The SMILES string of the molecule is CCNCC1(CN2CCOC3CCCCC32)CCCCC1. The van der Waals surface area contributed by atoms with Crippen LogP contribution >= 0.6 is 0 Å². The lowest BCUT2D eigenvalue weighted by Gasteiger charge is -2.49. The van der Waals surface area contributed by atoms with Gasteiger partial charge in [-0.2, -0.15) is 0 Å². The summed E-state index contributed by atoms with van der Waals surface area (Å²) in [4.78, 5) is 2.82. The number of rotatable bonds is 5. The largest absolute Gasteiger partial charge is 0.375 e. The highest BCUT2D eigenvalue weighted by atomic mass is 16.5. The average molecular weight is 294 g/mol. The van der Waals surface area contributed by atoms with Gasteiger partial charge in [-0.15, -0.1) is 0 Å². The molecule has 3 rings (SSSR count). The van der Waals surface area contributed by atoms with Crippen LogP contribution in [-0.4, -0.2) is 49.8 Å². The van der Waals surface area contributed by atoms with E-state index in [0.29, 0.717) is 17.6 Å². The molecule has 0 aromatic rings. The summed E-state index contributed by atoms with van der Waals surface area (Å²) >= 11 is 0. The van der Waals surface area contributed by atoms with Gasteiger partial charge in [0, 0.05) is 25.7 Å². The molecule has 0 bridgehead atoms. The van der Waals surface area contributed by atoms with Crippen molar-refractivity contribution < 1.29 is 4.74 Å². The summed E-state index contributed by atoms with van der Waals surface area (Å²) in [7, 11) is 0. The molecule has 2 aliphatic carbocycles. The summed E-state index contributed by atoms with van der Waals surface area (Å²) in [6.45, 7) is 8.00. The number of morpholine rings is 1. The molecule has 2 saturated carbocycles. The molecule has 1 saturated heterocycles. The molecular weight excluding hydrogens is 260 g/mol. The lowest BCUT2D eigenvalue weighted by atomic mass is 9.73. The summed E-state index contributed by atoms with van der Waals surface area (Å²) in [5.41, 5.74) is 0.535. The molecule has 3 heteroatoms. The van der Waals surface area contributed by atoms with Crippen molar-refractivity contribution in [1.29, 1.82) is 0 Å². The normalized spacial score (nSPS) is 33.6. The molecule has 0 amide bonds. The van der Waals surface area contributed by atoms with Crippen LogP contribution in [0.15, 0.2) is 0 Å². The second-order valence-corrected chi connectivity index (χ2v) is 7.57. The first kappa shape index (κ1) is 15.8. The third-order valence-electron chi connectivity index (χ3n) is 6.05. The Morgan fingerprint density at radius 2 is 1.90 bits per heavy atom. The van der Waals surface area contributed by atoms with E-state index in [4.69, 9.17) is 4.74 Å². The van der Waals surface area contributed by atoms with E-state index >= 15 is 0 Å². The number of nitrogens with one attached hydrogen (secondary N) is 1. The van der Waals surface area contributed by atoms with Gasteiger partial charge in [0.1, 0.15) is 0 Å². The summed E-state index contributed by atoms with van der Waals surface area (Å²) in [6, 6.07) is 0.716. The molecule has 3 fully saturated rings. The predicted molar refractivity (Wildman–Crippen MR) is 87.6 cm³/mol. The number of hydrogen-bond donors (Lipinski definition) is 1. The van der Waals surface area contributed by atoms with Crippen molar-refractivity contribution in [3.63, 3.8) is 0 Å². The number of fused-ring (bicyclic) bond motifs is 1. The van der Waals surface area contributed by atoms with Crippen LogP contribution in [0.3, 0.4) is 0 Å². The Kier molecular flexibility index (Phi) is 5.58. The van der Waals surface area contributed by atoms with Gasteiger partial charge >= 0.3 is 0 Å². The van der Waals surface area contributed by atoms with E-state index in [1.165, 1.54) is 70.9 Å². The van der Waals surface area contributed by atoms with Gasteiger partial charge < -0.3 is 10.1 Å². The van der Waals surface area contributed by atoms with E-state index in [9.17, 15) is 0 Å². The molecule has 1 heterocycles. The van der Waals surface area contributed by atoms with Gasteiger partial charge in [-0.05, 0) is 37.6 Å². The first-order valence-electron chi connectivity index (χ1n) is 9.39. The Bertz CT molecular complexity index is 312. The Labute approximate surface area is 130 Å². The summed E-state index contributed by atoms with van der Waals surface area (Å²) in [5.74, 6) is 0. The van der Waals surface area contributed by atoms with E-state index in [1.54, 1.807) is 0 Å². The van der Waals surface area contributed by atoms with E-state index in [0.717, 1.165) is 19.7 Å². The van der Waals surface area contributed by atoms with Crippen molar-refractivity contribution in [2.24, 2.45) is 5.41 Å². The maximum atomic E-state index is 6.06. The van der Waals surface area contributed by atoms with Crippen LogP contribution in [0.4, 0.5) is 0 Å². The smallest absolute Gasteiger partial charge is 0.0730 e. The van der Waals surface area contributed by atoms with E-state index < -0.39 is 0 Å². The first-order chi connectivity index (χ1) is 10.3. The van der Waals surface area contributed by atoms with Crippen molar-refractivity contribution in [3.8, 4) is 0 Å². The average Bonchev–Trinajstić information content (AvgIpc) is 2.54. The quantitative estimate of drug-likeness (QED) is 0.843. The van der Waals surface area contributed by atoms with Crippen LogP contribution in [0.5, 0.6) is 0 Å². The van der Waals surface area contributed by atoms with Crippen LogP contribution in [0, 0.1) is 5.41 Å². The lowest BCUT2D eigenvalue weighted by molar-refractivity contribution is -0.101. The van der Waals surface area contributed by atoms with Gasteiger partial charge in [-0.25, -0.2) is 0 Å². The minimum absolute atomic E-state index is 0.535. The highest BCUT2D eigenvalue weighted by Crippen LogP contribution is 2.39. The molecule has 0 spiro atoms. The third kappa shape index (κ3) is 3.80. The minimum Gasteiger partial charge on any atom is -0.375 e.